The molecular weight excluding hydrogens is 425 g/mol. The van der Waals surface area contributed by atoms with E-state index in [0.717, 1.165) is 27.0 Å². The van der Waals surface area contributed by atoms with Crippen LogP contribution in [0.1, 0.15) is 34.9 Å². The zero-order chi connectivity index (χ0) is 23.0. The summed E-state index contributed by atoms with van der Waals surface area (Å²) in [5, 5.41) is 10.3. The number of hydrogen-bond acceptors (Lipinski definition) is 6. The molecule has 0 saturated heterocycles. The molecule has 170 valence electrons. The van der Waals surface area contributed by atoms with Crippen molar-refractivity contribution in [3.63, 3.8) is 0 Å². The van der Waals surface area contributed by atoms with Crippen molar-refractivity contribution in [2.45, 2.75) is 32.0 Å². The van der Waals surface area contributed by atoms with Gasteiger partial charge in [-0.3, -0.25) is 14.5 Å². The molecule has 1 aliphatic rings. The van der Waals surface area contributed by atoms with Crippen LogP contribution in [0, 0.1) is 12.8 Å². The Bertz CT molecular complexity index is 1170. The molecule has 0 bridgehead atoms. The molecule has 2 unspecified atom stereocenters. The van der Waals surface area contributed by atoms with Gasteiger partial charge in [0, 0.05) is 62.2 Å². The number of ether oxygens (including phenoxy) is 1. The van der Waals surface area contributed by atoms with Gasteiger partial charge in [0.25, 0.3) is 5.56 Å². The van der Waals surface area contributed by atoms with E-state index in [1.54, 1.807) is 0 Å². The maximum atomic E-state index is 13.1. The number of hydrogen-bond donors (Lipinski definition) is 1. The van der Waals surface area contributed by atoms with Gasteiger partial charge in [-0.2, -0.15) is 18.3 Å². The summed E-state index contributed by atoms with van der Waals surface area (Å²) in [7, 11) is 2.87. The van der Waals surface area contributed by atoms with Gasteiger partial charge < -0.3 is 10.1 Å². The van der Waals surface area contributed by atoms with Crippen LogP contribution in [0.2, 0.25) is 0 Å². The Kier molecular flexibility index (Phi) is 5.66. The molecule has 3 heterocycles. The molecule has 1 saturated carbocycles. The molecule has 3 aromatic rings. The summed E-state index contributed by atoms with van der Waals surface area (Å²) in [5.74, 6) is 0.844. The zero-order valence-electron chi connectivity index (χ0n) is 17.8. The van der Waals surface area contributed by atoms with Crippen LogP contribution in [0.5, 0.6) is 5.88 Å². The van der Waals surface area contributed by atoms with Crippen molar-refractivity contribution in [1.29, 1.82) is 0 Å². The average Bonchev–Trinajstić information content (AvgIpc) is 3.40. The summed E-state index contributed by atoms with van der Waals surface area (Å²) < 4.78 is 47.4. The molecule has 3 aromatic heterocycles. The largest absolute Gasteiger partial charge is 0.476 e. The Hall–Kier alpha value is -3.37. The molecule has 0 aliphatic heterocycles. The Morgan fingerprint density at radius 3 is 2.72 bits per heavy atom. The number of aromatic nitrogens is 5. The predicted molar refractivity (Wildman–Crippen MR) is 110 cm³/mol. The quantitative estimate of drug-likeness (QED) is 0.598. The molecule has 0 aromatic carbocycles. The molecule has 1 aliphatic carbocycles. The summed E-state index contributed by atoms with van der Waals surface area (Å²) in [6.07, 6.45) is -0.521. The van der Waals surface area contributed by atoms with Crippen molar-refractivity contribution in [3.8, 4) is 5.88 Å². The van der Waals surface area contributed by atoms with Crippen molar-refractivity contribution < 1.29 is 17.9 Å². The Morgan fingerprint density at radius 2 is 2.03 bits per heavy atom. The number of rotatable bonds is 7. The second-order valence-corrected chi connectivity index (χ2v) is 8.03. The highest BCUT2D eigenvalue weighted by Gasteiger charge is 2.40. The predicted octanol–water partition coefficient (Wildman–Crippen LogP) is 3.03. The Labute approximate surface area is 182 Å². The summed E-state index contributed by atoms with van der Waals surface area (Å²) in [4.78, 5) is 16.8. The van der Waals surface area contributed by atoms with Crippen molar-refractivity contribution in [2.24, 2.45) is 20.0 Å². The van der Waals surface area contributed by atoms with Crippen molar-refractivity contribution in [2.75, 3.05) is 11.9 Å². The van der Waals surface area contributed by atoms with Gasteiger partial charge in [-0.25, -0.2) is 4.68 Å². The summed E-state index contributed by atoms with van der Waals surface area (Å²) >= 11 is 0. The number of pyridine rings is 1. The smallest absolute Gasteiger partial charge is 0.435 e. The van der Waals surface area contributed by atoms with Gasteiger partial charge >= 0.3 is 6.18 Å². The van der Waals surface area contributed by atoms with Crippen molar-refractivity contribution in [3.05, 3.63) is 63.5 Å². The summed E-state index contributed by atoms with van der Waals surface area (Å²) in [6, 6.07) is 5.45. The van der Waals surface area contributed by atoms with Crippen LogP contribution in [0.3, 0.4) is 0 Å². The van der Waals surface area contributed by atoms with Gasteiger partial charge in [0.2, 0.25) is 5.88 Å². The molecule has 32 heavy (non-hydrogen) atoms. The van der Waals surface area contributed by atoms with E-state index < -0.39 is 17.4 Å². The lowest BCUT2D eigenvalue weighted by atomic mass is 10.2. The molecule has 1 N–H and O–H groups in total. The van der Waals surface area contributed by atoms with Crippen LogP contribution in [-0.4, -0.2) is 31.2 Å². The highest BCUT2D eigenvalue weighted by Crippen LogP contribution is 2.46. The van der Waals surface area contributed by atoms with E-state index in [1.165, 1.54) is 26.4 Å². The molecule has 2 atom stereocenters. The van der Waals surface area contributed by atoms with Crippen LogP contribution in [0.4, 0.5) is 18.9 Å². The number of halogens is 3. The van der Waals surface area contributed by atoms with Gasteiger partial charge in [0.15, 0.2) is 5.69 Å². The number of nitrogens with zero attached hydrogens (tertiary/aromatic N) is 5. The van der Waals surface area contributed by atoms with E-state index in [1.807, 2.05) is 25.3 Å². The topological polar surface area (TPSA) is 86.9 Å². The lowest BCUT2D eigenvalue weighted by Gasteiger charge is -2.11. The van der Waals surface area contributed by atoms with Crippen LogP contribution >= 0.6 is 0 Å². The van der Waals surface area contributed by atoms with E-state index in [0.29, 0.717) is 18.4 Å². The average molecular weight is 448 g/mol. The summed E-state index contributed by atoms with van der Waals surface area (Å²) in [5.41, 5.74) is 0.708. The third-order valence-electron chi connectivity index (χ3n) is 5.37. The second kappa shape index (κ2) is 8.29. The van der Waals surface area contributed by atoms with Gasteiger partial charge in [-0.15, -0.1) is 5.10 Å². The molecular formula is C21H23F3N6O2. The first-order valence-corrected chi connectivity index (χ1v) is 10.1. The Morgan fingerprint density at radius 1 is 1.25 bits per heavy atom. The molecule has 0 radical (unpaired) electrons. The van der Waals surface area contributed by atoms with E-state index in [9.17, 15) is 18.0 Å². The minimum Gasteiger partial charge on any atom is -0.476 e. The lowest BCUT2D eigenvalue weighted by molar-refractivity contribution is -0.142. The molecule has 4 rings (SSSR count). The first kappa shape index (κ1) is 21.8. The minimum absolute atomic E-state index is 0.0623. The van der Waals surface area contributed by atoms with Gasteiger partial charge in [-0.1, -0.05) is 6.07 Å². The highest BCUT2D eigenvalue weighted by molar-refractivity contribution is 5.44. The molecule has 1 fully saturated rings. The standard InChI is InChI=1S/C21H23F3N6O2/c1-12-4-5-16(25-8-12)15-6-13(15)11-32-18-7-17(20(31)30(3)27-18)26-9-14-10-29(2)28-19(14)21(22,23)24/h4-5,7-8,10,13,15,26H,6,9,11H2,1-3H3. The number of alkyl halides is 3. The number of aryl methyl sites for hydroxylation is 3. The zero-order valence-corrected chi connectivity index (χ0v) is 17.8. The first-order valence-electron chi connectivity index (χ1n) is 10.1. The first-order chi connectivity index (χ1) is 15.1. The van der Waals surface area contributed by atoms with Gasteiger partial charge in [-0.05, 0) is 25.0 Å². The Balaban J connectivity index is 1.41. The van der Waals surface area contributed by atoms with Crippen LogP contribution in [-0.2, 0) is 26.8 Å². The normalized spacial score (nSPS) is 17.9. The van der Waals surface area contributed by atoms with Gasteiger partial charge in [0.05, 0.1) is 6.61 Å². The van der Waals surface area contributed by atoms with Gasteiger partial charge in [0.1, 0.15) is 5.69 Å². The fourth-order valence-electron chi connectivity index (χ4n) is 3.56. The SMILES string of the molecule is Cc1ccc(C2CC2COc2cc(NCc3cn(C)nc3C(F)(F)F)c(=O)n(C)n2)nc1. The molecule has 8 nitrogen and oxygen atoms in total. The molecule has 11 heteroatoms. The maximum Gasteiger partial charge on any atom is 0.435 e. The summed E-state index contributed by atoms with van der Waals surface area (Å²) in [6.45, 7) is 2.18. The van der Waals surface area contributed by atoms with Crippen LogP contribution < -0.4 is 15.6 Å². The maximum absolute atomic E-state index is 13.1. The van der Waals surface area contributed by atoms with E-state index in [4.69, 9.17) is 4.74 Å². The number of anilines is 1. The number of nitrogens with one attached hydrogen (secondary N) is 1. The fraction of sp³-hybridized carbons (Fsp3) is 0.429. The van der Waals surface area contributed by atoms with E-state index in [-0.39, 0.29) is 23.7 Å². The monoisotopic (exact) mass is 448 g/mol. The third-order valence-corrected chi connectivity index (χ3v) is 5.37. The lowest BCUT2D eigenvalue weighted by Crippen LogP contribution is -2.24. The fourth-order valence-corrected chi connectivity index (χ4v) is 3.56. The van der Waals surface area contributed by atoms with E-state index >= 15 is 0 Å². The van der Waals surface area contributed by atoms with Crippen LogP contribution in [0.15, 0.2) is 35.4 Å². The van der Waals surface area contributed by atoms with Crippen molar-refractivity contribution in [1.82, 2.24) is 24.5 Å². The molecule has 0 amide bonds. The van der Waals surface area contributed by atoms with Crippen LogP contribution in [0.25, 0.3) is 0 Å². The van der Waals surface area contributed by atoms with Crippen molar-refractivity contribution >= 4 is 5.69 Å². The second-order valence-electron chi connectivity index (χ2n) is 8.03. The minimum atomic E-state index is -4.58. The van der Waals surface area contributed by atoms with E-state index in [2.05, 4.69) is 20.5 Å². The highest BCUT2D eigenvalue weighted by atomic mass is 19.4. The third kappa shape index (κ3) is 4.76. The molecule has 0 spiro atoms.